The van der Waals surface area contributed by atoms with Gasteiger partial charge in [0, 0.05) is 18.7 Å². The number of aromatic nitrogens is 2. The number of aryl methyl sites for hydroxylation is 1. The number of rotatable bonds is 3. The Hall–Kier alpha value is -1.16. The van der Waals surface area contributed by atoms with Crippen LogP contribution in [0.3, 0.4) is 0 Å². The van der Waals surface area contributed by atoms with E-state index in [1.54, 1.807) is 0 Å². The van der Waals surface area contributed by atoms with Crippen molar-refractivity contribution in [3.05, 3.63) is 27.4 Å². The molecule has 3 N–H and O–H groups in total. The summed E-state index contributed by atoms with van der Waals surface area (Å²) < 4.78 is 0. The fraction of sp³-hybridized carbons (Fsp3) is 0.600. The van der Waals surface area contributed by atoms with Gasteiger partial charge < -0.3 is 10.7 Å². The van der Waals surface area contributed by atoms with Crippen molar-refractivity contribution in [1.82, 2.24) is 9.97 Å². The summed E-state index contributed by atoms with van der Waals surface area (Å²) >= 11 is 0. The maximum absolute atomic E-state index is 11.5. The summed E-state index contributed by atoms with van der Waals surface area (Å²) in [5, 5.41) is 0. The first-order chi connectivity index (χ1) is 6.70. The molecule has 1 saturated carbocycles. The van der Waals surface area contributed by atoms with E-state index >= 15 is 0 Å². The lowest BCUT2D eigenvalue weighted by Crippen LogP contribution is -2.21. The second-order valence-corrected chi connectivity index (χ2v) is 3.93. The van der Waals surface area contributed by atoms with Crippen molar-refractivity contribution < 1.29 is 0 Å². The van der Waals surface area contributed by atoms with Crippen molar-refractivity contribution >= 4 is 0 Å². The summed E-state index contributed by atoms with van der Waals surface area (Å²) in [6, 6.07) is 0. The molecule has 0 aliphatic heterocycles. The molecule has 0 amide bonds. The van der Waals surface area contributed by atoms with Crippen LogP contribution in [0, 0.1) is 12.8 Å². The summed E-state index contributed by atoms with van der Waals surface area (Å²) in [4.78, 5) is 18.7. The molecule has 1 aliphatic carbocycles. The van der Waals surface area contributed by atoms with Gasteiger partial charge in [-0.25, -0.2) is 4.98 Å². The average Bonchev–Trinajstić information content (AvgIpc) is 2.87. The molecular formula is C10H15N3O. The van der Waals surface area contributed by atoms with Gasteiger partial charge in [-0.1, -0.05) is 0 Å². The molecule has 14 heavy (non-hydrogen) atoms. The molecule has 0 spiro atoms. The Morgan fingerprint density at radius 2 is 2.29 bits per heavy atom. The topological polar surface area (TPSA) is 71.8 Å². The first-order valence-corrected chi connectivity index (χ1v) is 4.99. The van der Waals surface area contributed by atoms with E-state index in [0.29, 0.717) is 5.56 Å². The van der Waals surface area contributed by atoms with Crippen LogP contribution in [0.1, 0.15) is 29.9 Å². The van der Waals surface area contributed by atoms with Gasteiger partial charge in [0.05, 0.1) is 5.56 Å². The van der Waals surface area contributed by atoms with Crippen LogP contribution in [-0.2, 0) is 13.0 Å². The monoisotopic (exact) mass is 193 g/mol. The average molecular weight is 193 g/mol. The predicted molar refractivity (Wildman–Crippen MR) is 53.9 cm³/mol. The van der Waals surface area contributed by atoms with Gasteiger partial charge in [-0.05, 0) is 25.7 Å². The predicted octanol–water partition coefficient (Wildman–Crippen LogP) is 0.490. The molecule has 1 fully saturated rings. The molecule has 2 rings (SSSR count). The van der Waals surface area contributed by atoms with E-state index < -0.39 is 0 Å². The lowest BCUT2D eigenvalue weighted by atomic mass is 10.2. The SMILES string of the molecule is Cc1nc(CC2CC2)[nH]c(=O)c1CN. The zero-order valence-electron chi connectivity index (χ0n) is 8.34. The molecule has 1 aromatic heterocycles. The minimum absolute atomic E-state index is 0.0735. The normalized spacial score (nSPS) is 15.9. The van der Waals surface area contributed by atoms with Crippen LogP contribution >= 0.6 is 0 Å². The van der Waals surface area contributed by atoms with Crippen molar-refractivity contribution in [3.8, 4) is 0 Å². The van der Waals surface area contributed by atoms with Crippen molar-refractivity contribution in [3.63, 3.8) is 0 Å². The van der Waals surface area contributed by atoms with Gasteiger partial charge in [0.1, 0.15) is 5.82 Å². The van der Waals surface area contributed by atoms with Gasteiger partial charge in [0.2, 0.25) is 0 Å². The Kier molecular flexibility index (Phi) is 2.37. The van der Waals surface area contributed by atoms with E-state index in [1.807, 2.05) is 6.92 Å². The van der Waals surface area contributed by atoms with Crippen molar-refractivity contribution in [2.75, 3.05) is 0 Å². The summed E-state index contributed by atoms with van der Waals surface area (Å²) in [7, 11) is 0. The third-order valence-corrected chi connectivity index (χ3v) is 2.65. The fourth-order valence-corrected chi connectivity index (χ4v) is 1.60. The lowest BCUT2D eigenvalue weighted by molar-refractivity contribution is 0.748. The van der Waals surface area contributed by atoms with Gasteiger partial charge in [-0.15, -0.1) is 0 Å². The molecule has 0 saturated heterocycles. The van der Waals surface area contributed by atoms with Crippen molar-refractivity contribution in [2.45, 2.75) is 32.7 Å². The molecule has 0 unspecified atom stereocenters. The van der Waals surface area contributed by atoms with Gasteiger partial charge in [0.15, 0.2) is 0 Å². The number of hydrogen-bond donors (Lipinski definition) is 2. The maximum atomic E-state index is 11.5. The summed E-state index contributed by atoms with van der Waals surface area (Å²) in [6.07, 6.45) is 3.43. The Morgan fingerprint density at radius 3 is 2.79 bits per heavy atom. The van der Waals surface area contributed by atoms with E-state index in [1.165, 1.54) is 12.8 Å². The highest BCUT2D eigenvalue weighted by Crippen LogP contribution is 2.31. The number of H-pyrrole nitrogens is 1. The van der Waals surface area contributed by atoms with Crippen molar-refractivity contribution in [2.24, 2.45) is 11.7 Å². The van der Waals surface area contributed by atoms with E-state index in [-0.39, 0.29) is 12.1 Å². The zero-order valence-corrected chi connectivity index (χ0v) is 8.34. The molecule has 4 heteroatoms. The van der Waals surface area contributed by atoms with Gasteiger partial charge in [-0.3, -0.25) is 4.79 Å². The molecule has 1 aliphatic rings. The van der Waals surface area contributed by atoms with Crippen LogP contribution in [0.15, 0.2) is 4.79 Å². The van der Waals surface area contributed by atoms with Gasteiger partial charge in [-0.2, -0.15) is 0 Å². The summed E-state index contributed by atoms with van der Waals surface area (Å²) in [5.74, 6) is 1.55. The van der Waals surface area contributed by atoms with Crippen LogP contribution < -0.4 is 11.3 Å². The third-order valence-electron chi connectivity index (χ3n) is 2.65. The van der Waals surface area contributed by atoms with E-state index in [4.69, 9.17) is 5.73 Å². The highest BCUT2D eigenvalue weighted by atomic mass is 16.1. The number of nitrogens with two attached hydrogens (primary N) is 1. The minimum Gasteiger partial charge on any atom is -0.326 e. The Balaban J connectivity index is 2.30. The van der Waals surface area contributed by atoms with E-state index in [2.05, 4.69) is 9.97 Å². The smallest absolute Gasteiger partial charge is 0.255 e. The molecule has 4 nitrogen and oxygen atoms in total. The number of aromatic amines is 1. The Morgan fingerprint density at radius 1 is 1.57 bits per heavy atom. The standard InChI is InChI=1S/C10H15N3O/c1-6-8(5-11)10(14)13-9(12-6)4-7-2-3-7/h7H,2-5,11H2,1H3,(H,12,13,14). The fourth-order valence-electron chi connectivity index (χ4n) is 1.60. The van der Waals surface area contributed by atoms with Crippen LogP contribution in [0.2, 0.25) is 0 Å². The maximum Gasteiger partial charge on any atom is 0.255 e. The quantitative estimate of drug-likeness (QED) is 0.733. The Bertz CT molecular complexity index is 393. The largest absolute Gasteiger partial charge is 0.326 e. The molecule has 1 heterocycles. The lowest BCUT2D eigenvalue weighted by Gasteiger charge is -2.04. The molecule has 76 valence electrons. The molecule has 0 radical (unpaired) electrons. The third kappa shape index (κ3) is 1.85. The summed E-state index contributed by atoms with van der Waals surface area (Å²) in [6.45, 7) is 2.10. The summed E-state index contributed by atoms with van der Waals surface area (Å²) in [5.41, 5.74) is 6.75. The van der Waals surface area contributed by atoms with Crippen LogP contribution in [0.4, 0.5) is 0 Å². The zero-order chi connectivity index (χ0) is 10.1. The second kappa shape index (κ2) is 3.53. The van der Waals surface area contributed by atoms with Crippen molar-refractivity contribution in [1.29, 1.82) is 0 Å². The first-order valence-electron chi connectivity index (χ1n) is 4.99. The van der Waals surface area contributed by atoms with Gasteiger partial charge in [0.25, 0.3) is 5.56 Å². The molecule has 0 atom stereocenters. The highest BCUT2D eigenvalue weighted by molar-refractivity contribution is 5.16. The van der Waals surface area contributed by atoms with Crippen LogP contribution in [-0.4, -0.2) is 9.97 Å². The molecular weight excluding hydrogens is 178 g/mol. The highest BCUT2D eigenvalue weighted by Gasteiger charge is 2.22. The van der Waals surface area contributed by atoms with Crippen LogP contribution in [0.5, 0.6) is 0 Å². The van der Waals surface area contributed by atoms with Gasteiger partial charge >= 0.3 is 0 Å². The molecule has 0 bridgehead atoms. The Labute approximate surface area is 82.6 Å². The molecule has 1 aromatic rings. The minimum atomic E-state index is -0.0735. The van der Waals surface area contributed by atoms with E-state index in [0.717, 1.165) is 23.9 Å². The molecule has 0 aromatic carbocycles. The van der Waals surface area contributed by atoms with Crippen LogP contribution in [0.25, 0.3) is 0 Å². The number of nitrogens with zero attached hydrogens (tertiary/aromatic N) is 1. The number of hydrogen-bond acceptors (Lipinski definition) is 3. The second-order valence-electron chi connectivity index (χ2n) is 3.93. The first kappa shape index (κ1) is 9.40. The number of nitrogens with one attached hydrogen (secondary N) is 1. The van der Waals surface area contributed by atoms with E-state index in [9.17, 15) is 4.79 Å².